The highest BCUT2D eigenvalue weighted by atomic mass is 16.5. The summed E-state index contributed by atoms with van der Waals surface area (Å²) in [5, 5.41) is 13.0. The van der Waals surface area contributed by atoms with Gasteiger partial charge in [-0.3, -0.25) is 4.90 Å². The highest BCUT2D eigenvalue weighted by Crippen LogP contribution is 2.61. The van der Waals surface area contributed by atoms with Gasteiger partial charge in [0.05, 0.1) is 18.1 Å². The molecule has 3 heterocycles. The number of carbonyl (C=O) groups excluding carboxylic acids is 1. The van der Waals surface area contributed by atoms with Crippen molar-refractivity contribution < 1.29 is 14.6 Å². The van der Waals surface area contributed by atoms with Crippen molar-refractivity contribution in [1.29, 1.82) is 0 Å². The van der Waals surface area contributed by atoms with E-state index in [4.69, 9.17) is 4.74 Å². The van der Waals surface area contributed by atoms with Gasteiger partial charge in [0.25, 0.3) is 0 Å². The third-order valence-electron chi connectivity index (χ3n) is 7.12. The fraction of sp³-hybridized carbons (Fsp3) is 0.571. The van der Waals surface area contributed by atoms with E-state index in [9.17, 15) is 9.90 Å². The number of carbonyl (C=O) groups is 1. The van der Waals surface area contributed by atoms with Gasteiger partial charge in [-0.2, -0.15) is 0 Å². The van der Waals surface area contributed by atoms with Crippen molar-refractivity contribution in [3.05, 3.63) is 41.1 Å². The van der Waals surface area contributed by atoms with Crippen LogP contribution in [0.1, 0.15) is 31.2 Å². The Bertz CT molecular complexity index is 789. The van der Waals surface area contributed by atoms with E-state index in [0.717, 1.165) is 55.7 Å². The van der Waals surface area contributed by atoms with Crippen molar-refractivity contribution in [3.8, 4) is 0 Å². The van der Waals surface area contributed by atoms with Crippen LogP contribution in [0.4, 0.5) is 5.69 Å². The zero-order chi connectivity index (χ0) is 17.9. The fourth-order valence-corrected chi connectivity index (χ4v) is 6.32. The third-order valence-corrected chi connectivity index (χ3v) is 7.12. The van der Waals surface area contributed by atoms with Crippen molar-refractivity contribution in [2.75, 3.05) is 32.1 Å². The second kappa shape index (κ2) is 5.83. The summed E-state index contributed by atoms with van der Waals surface area (Å²) < 4.78 is 5.16. The highest BCUT2D eigenvalue weighted by Gasteiger charge is 2.62. The Morgan fingerprint density at radius 1 is 1.42 bits per heavy atom. The number of nitrogens with one attached hydrogen (secondary N) is 1. The molecule has 4 atom stereocenters. The van der Waals surface area contributed by atoms with Crippen LogP contribution in [0, 0.1) is 11.8 Å². The van der Waals surface area contributed by atoms with Gasteiger partial charge in [0.15, 0.2) is 0 Å². The maximum atomic E-state index is 12.6. The van der Waals surface area contributed by atoms with Crippen molar-refractivity contribution in [3.63, 3.8) is 0 Å². The number of nitrogens with zero attached hydrogens (tertiary/aromatic N) is 1. The fourth-order valence-electron chi connectivity index (χ4n) is 6.32. The van der Waals surface area contributed by atoms with Crippen molar-refractivity contribution in [2.24, 2.45) is 11.8 Å². The molecule has 1 aromatic carbocycles. The van der Waals surface area contributed by atoms with Gasteiger partial charge in [-0.05, 0) is 55.7 Å². The third kappa shape index (κ3) is 2.01. The van der Waals surface area contributed by atoms with E-state index < -0.39 is 0 Å². The van der Waals surface area contributed by atoms with Crippen LogP contribution in [0.5, 0.6) is 0 Å². The quantitative estimate of drug-likeness (QED) is 0.816. The number of para-hydroxylation sites is 1. The van der Waals surface area contributed by atoms with Crippen LogP contribution in [0.3, 0.4) is 0 Å². The average molecular weight is 354 g/mol. The van der Waals surface area contributed by atoms with Crippen LogP contribution in [-0.2, 0) is 14.9 Å². The molecule has 1 aliphatic carbocycles. The second-order valence-electron chi connectivity index (χ2n) is 8.26. The number of hydrogen-bond donors (Lipinski definition) is 2. The number of piperidine rings is 1. The number of hydrogen-bond acceptors (Lipinski definition) is 5. The molecular formula is C21H26N2O3. The normalized spacial score (nSPS) is 34.8. The standard InChI is InChI=1S/C21H26N2O3/c1-26-20(25)15-11-14-10-13(6-9-24)12-23-8-7-21(19(14)23)16-4-2-3-5-17(16)22-18(15)21/h2-5,13-14,19,22,24H,6-12H2,1H3/t13-,14-,19-,21-/m1/s1. The minimum absolute atomic E-state index is 0.104. The Morgan fingerprint density at radius 3 is 3.08 bits per heavy atom. The van der Waals surface area contributed by atoms with Gasteiger partial charge in [0.2, 0.25) is 0 Å². The number of esters is 1. The predicted molar refractivity (Wildman–Crippen MR) is 98.7 cm³/mol. The number of aliphatic hydroxyl groups is 1. The first-order chi connectivity index (χ1) is 12.7. The minimum Gasteiger partial charge on any atom is -0.466 e. The molecule has 138 valence electrons. The maximum absolute atomic E-state index is 12.6. The van der Waals surface area contributed by atoms with Gasteiger partial charge in [-0.1, -0.05) is 18.2 Å². The molecule has 26 heavy (non-hydrogen) atoms. The largest absolute Gasteiger partial charge is 0.466 e. The number of ether oxygens (including phenoxy) is 1. The monoisotopic (exact) mass is 354 g/mol. The summed E-state index contributed by atoms with van der Waals surface area (Å²) in [6.07, 6.45) is 3.75. The number of aliphatic hydroxyl groups excluding tert-OH is 1. The minimum atomic E-state index is -0.194. The van der Waals surface area contributed by atoms with E-state index in [1.807, 2.05) is 0 Å². The Hall–Kier alpha value is -1.85. The molecule has 0 saturated carbocycles. The Balaban J connectivity index is 1.67. The lowest BCUT2D eigenvalue weighted by molar-refractivity contribution is -0.137. The van der Waals surface area contributed by atoms with Crippen LogP contribution in [0.15, 0.2) is 35.5 Å². The number of fused-ring (bicyclic) bond motifs is 1. The molecule has 1 aromatic rings. The van der Waals surface area contributed by atoms with Crippen LogP contribution in [0.25, 0.3) is 0 Å². The molecule has 5 rings (SSSR count). The number of benzene rings is 1. The zero-order valence-electron chi connectivity index (χ0n) is 15.2. The molecule has 3 aliphatic heterocycles. The van der Waals surface area contributed by atoms with E-state index in [-0.39, 0.29) is 18.0 Å². The first-order valence-electron chi connectivity index (χ1n) is 9.72. The summed E-state index contributed by atoms with van der Waals surface area (Å²) in [4.78, 5) is 15.3. The molecule has 5 nitrogen and oxygen atoms in total. The lowest BCUT2D eigenvalue weighted by atomic mass is 9.60. The number of methoxy groups -OCH3 is 1. The molecule has 0 amide bonds. The lowest BCUT2D eigenvalue weighted by Gasteiger charge is -2.50. The van der Waals surface area contributed by atoms with Crippen LogP contribution >= 0.6 is 0 Å². The smallest absolute Gasteiger partial charge is 0.335 e. The van der Waals surface area contributed by atoms with E-state index >= 15 is 0 Å². The SMILES string of the molecule is COC(=O)C1=C2Nc3ccccc3[C@]23CCN2C[C@H](CCO)C[C@H](C1)[C@@H]23. The molecule has 4 aliphatic rings. The van der Waals surface area contributed by atoms with Crippen LogP contribution < -0.4 is 5.32 Å². The summed E-state index contributed by atoms with van der Waals surface area (Å²) in [5.74, 6) is 0.760. The molecule has 0 bridgehead atoms. The molecule has 0 radical (unpaired) electrons. The second-order valence-corrected chi connectivity index (χ2v) is 8.26. The predicted octanol–water partition coefficient (Wildman–Crippen LogP) is 2.27. The maximum Gasteiger partial charge on any atom is 0.335 e. The van der Waals surface area contributed by atoms with E-state index in [2.05, 4.69) is 34.5 Å². The van der Waals surface area contributed by atoms with Crippen molar-refractivity contribution in [2.45, 2.75) is 37.1 Å². The summed E-state index contributed by atoms with van der Waals surface area (Å²) in [7, 11) is 1.48. The van der Waals surface area contributed by atoms with E-state index in [1.165, 1.54) is 12.7 Å². The molecule has 1 spiro atoms. The number of anilines is 1. The molecule has 2 N–H and O–H groups in total. The molecule has 2 fully saturated rings. The zero-order valence-corrected chi connectivity index (χ0v) is 15.2. The van der Waals surface area contributed by atoms with E-state index in [1.54, 1.807) is 0 Å². The molecule has 2 saturated heterocycles. The summed E-state index contributed by atoms with van der Waals surface area (Å²) >= 11 is 0. The topological polar surface area (TPSA) is 61.8 Å². The van der Waals surface area contributed by atoms with Crippen LogP contribution in [-0.4, -0.2) is 48.8 Å². The average Bonchev–Trinajstić information content (AvgIpc) is 3.21. The Kier molecular flexibility index (Phi) is 3.66. The Labute approximate surface area is 154 Å². The summed E-state index contributed by atoms with van der Waals surface area (Å²) in [6.45, 7) is 2.36. The first-order valence-corrected chi connectivity index (χ1v) is 9.72. The lowest BCUT2D eigenvalue weighted by Crippen LogP contribution is -2.55. The van der Waals surface area contributed by atoms with Crippen molar-refractivity contribution in [1.82, 2.24) is 4.90 Å². The Morgan fingerprint density at radius 2 is 2.27 bits per heavy atom. The van der Waals surface area contributed by atoms with Gasteiger partial charge in [0, 0.05) is 30.6 Å². The highest BCUT2D eigenvalue weighted by molar-refractivity contribution is 5.93. The first kappa shape index (κ1) is 16.3. The molecule has 5 heteroatoms. The van der Waals surface area contributed by atoms with Gasteiger partial charge in [0.1, 0.15) is 0 Å². The van der Waals surface area contributed by atoms with Crippen molar-refractivity contribution >= 4 is 11.7 Å². The summed E-state index contributed by atoms with van der Waals surface area (Å²) in [6, 6.07) is 8.96. The van der Waals surface area contributed by atoms with Gasteiger partial charge in [-0.15, -0.1) is 0 Å². The summed E-state index contributed by atoms with van der Waals surface area (Å²) in [5.41, 5.74) is 4.30. The molecule has 0 unspecified atom stereocenters. The number of rotatable bonds is 3. The molecule has 0 aromatic heterocycles. The van der Waals surface area contributed by atoms with Crippen LogP contribution in [0.2, 0.25) is 0 Å². The van der Waals surface area contributed by atoms with Gasteiger partial charge in [-0.25, -0.2) is 4.79 Å². The van der Waals surface area contributed by atoms with Gasteiger partial charge >= 0.3 is 5.97 Å². The van der Waals surface area contributed by atoms with E-state index in [0.29, 0.717) is 17.9 Å². The van der Waals surface area contributed by atoms with Gasteiger partial charge < -0.3 is 15.2 Å². The molecular weight excluding hydrogens is 328 g/mol.